The van der Waals surface area contributed by atoms with Crippen LogP contribution in [0.2, 0.25) is 0 Å². The van der Waals surface area contributed by atoms with Crippen LogP contribution in [-0.4, -0.2) is 11.9 Å². The second kappa shape index (κ2) is 6.90. The molecule has 3 saturated carbocycles. The van der Waals surface area contributed by atoms with Crippen molar-refractivity contribution in [2.75, 3.05) is 5.32 Å². The van der Waals surface area contributed by atoms with Gasteiger partial charge in [0.1, 0.15) is 0 Å². The van der Waals surface area contributed by atoms with Gasteiger partial charge in [0.2, 0.25) is 0 Å². The molecule has 5 atom stereocenters. The van der Waals surface area contributed by atoms with E-state index in [1.165, 1.54) is 48.9 Å². The van der Waals surface area contributed by atoms with Gasteiger partial charge in [-0.3, -0.25) is 4.79 Å². The Hall–Kier alpha value is -2.29. The largest absolute Gasteiger partial charge is 0.378 e. The van der Waals surface area contributed by atoms with Crippen LogP contribution in [0.5, 0.6) is 0 Å². The summed E-state index contributed by atoms with van der Waals surface area (Å²) in [6.45, 7) is 0. The first kappa shape index (κ1) is 17.6. The first-order chi connectivity index (χ1) is 14.3. The fraction of sp³-hybridized carbons (Fsp3) is 0.500. The Morgan fingerprint density at radius 1 is 0.931 bits per heavy atom. The predicted molar refractivity (Wildman–Crippen MR) is 116 cm³/mol. The third-order valence-corrected chi connectivity index (χ3v) is 8.20. The smallest absolute Gasteiger partial charge is 0.251 e. The lowest BCUT2D eigenvalue weighted by Crippen LogP contribution is -2.36. The van der Waals surface area contributed by atoms with Crippen LogP contribution >= 0.6 is 0 Å². The monoisotopic (exact) mass is 386 g/mol. The van der Waals surface area contributed by atoms with Crippen molar-refractivity contribution in [2.45, 2.75) is 62.9 Å². The summed E-state index contributed by atoms with van der Waals surface area (Å²) in [5.74, 6) is 2.95. The zero-order valence-corrected chi connectivity index (χ0v) is 16.9. The van der Waals surface area contributed by atoms with Crippen molar-refractivity contribution in [3.63, 3.8) is 0 Å². The molecule has 1 heterocycles. The molecule has 2 aromatic rings. The minimum atomic E-state index is 0.115. The fourth-order valence-electron chi connectivity index (χ4n) is 6.96. The number of hydrogen-bond acceptors (Lipinski definition) is 2. The van der Waals surface area contributed by atoms with E-state index in [2.05, 4.69) is 53.1 Å². The maximum Gasteiger partial charge on any atom is 0.251 e. The number of amides is 1. The summed E-state index contributed by atoms with van der Waals surface area (Å²) in [6, 6.07) is 18.1. The number of fused-ring (bicyclic) bond motifs is 7. The Morgan fingerprint density at radius 3 is 2.55 bits per heavy atom. The third-order valence-electron chi connectivity index (χ3n) is 8.20. The number of hydrogen-bond donors (Lipinski definition) is 2. The molecule has 29 heavy (non-hydrogen) atoms. The van der Waals surface area contributed by atoms with Gasteiger partial charge in [0.25, 0.3) is 5.91 Å². The number of nitrogens with one attached hydrogen (secondary N) is 2. The molecule has 3 heteroatoms. The number of anilines is 1. The Bertz CT molecular complexity index is 918. The van der Waals surface area contributed by atoms with E-state index in [1.54, 1.807) is 0 Å². The van der Waals surface area contributed by atoms with Crippen molar-refractivity contribution < 1.29 is 4.79 Å². The summed E-state index contributed by atoms with van der Waals surface area (Å²) < 4.78 is 0. The van der Waals surface area contributed by atoms with E-state index < -0.39 is 0 Å². The van der Waals surface area contributed by atoms with Crippen molar-refractivity contribution in [2.24, 2.45) is 17.8 Å². The van der Waals surface area contributed by atoms with Crippen LogP contribution in [0.25, 0.3) is 0 Å². The van der Waals surface area contributed by atoms with Gasteiger partial charge in [-0.1, -0.05) is 43.2 Å². The van der Waals surface area contributed by atoms with E-state index in [-0.39, 0.29) is 5.91 Å². The molecule has 0 saturated heterocycles. The van der Waals surface area contributed by atoms with Crippen LogP contribution in [0, 0.1) is 17.8 Å². The number of carbonyl (C=O) groups is 1. The molecular weight excluding hydrogens is 356 g/mol. The molecule has 1 aliphatic heterocycles. The van der Waals surface area contributed by atoms with E-state index in [9.17, 15) is 4.79 Å². The van der Waals surface area contributed by atoms with E-state index in [0.717, 1.165) is 30.2 Å². The van der Waals surface area contributed by atoms with Crippen LogP contribution in [0.1, 0.15) is 78.4 Å². The average Bonchev–Trinajstić information content (AvgIpc) is 3.51. The lowest BCUT2D eigenvalue weighted by atomic mass is 9.68. The Balaban J connectivity index is 1.35. The fourth-order valence-corrected chi connectivity index (χ4v) is 6.96. The van der Waals surface area contributed by atoms with E-state index in [1.807, 2.05) is 6.07 Å². The summed E-state index contributed by atoms with van der Waals surface area (Å²) in [5.41, 5.74) is 4.89. The molecule has 3 aliphatic carbocycles. The van der Waals surface area contributed by atoms with Gasteiger partial charge < -0.3 is 10.6 Å². The summed E-state index contributed by atoms with van der Waals surface area (Å²) in [5, 5.41) is 7.15. The number of carbonyl (C=O) groups excluding carboxylic acids is 1. The molecule has 0 unspecified atom stereocenters. The second-order valence-electron chi connectivity index (χ2n) is 9.73. The maximum atomic E-state index is 12.9. The van der Waals surface area contributed by atoms with Crippen molar-refractivity contribution in [3.8, 4) is 0 Å². The summed E-state index contributed by atoms with van der Waals surface area (Å²) in [6.07, 6.45) is 8.83. The van der Waals surface area contributed by atoms with Crippen molar-refractivity contribution >= 4 is 11.6 Å². The predicted octanol–water partition coefficient (Wildman–Crippen LogP) is 5.66. The maximum absolute atomic E-state index is 12.9. The summed E-state index contributed by atoms with van der Waals surface area (Å²) in [7, 11) is 0. The molecule has 3 fully saturated rings. The normalized spacial score (nSPS) is 32.5. The van der Waals surface area contributed by atoms with Crippen LogP contribution in [-0.2, 0) is 0 Å². The first-order valence-electron chi connectivity index (χ1n) is 11.5. The second-order valence-corrected chi connectivity index (χ2v) is 9.73. The molecule has 2 aromatic carbocycles. The van der Waals surface area contributed by atoms with Gasteiger partial charge in [0.15, 0.2) is 0 Å². The highest BCUT2D eigenvalue weighted by molar-refractivity contribution is 5.95. The Morgan fingerprint density at radius 2 is 1.72 bits per heavy atom. The minimum absolute atomic E-state index is 0.115. The van der Waals surface area contributed by atoms with E-state index >= 15 is 0 Å². The standard InChI is InChI=1S/C26H30N2O/c29-26(27-20-8-4-5-9-20)19-12-13-22-21(15-19)23-17-10-11-18(14-17)24(23)25(28-22)16-6-2-1-3-7-16/h1-3,6-7,12-13,15,17-18,20,23-25,28H,4-5,8-11,14H2,(H,27,29)/t17-,18-,23-,24-,25-/m0/s1. The van der Waals surface area contributed by atoms with Crippen LogP contribution in [0.4, 0.5) is 5.69 Å². The molecule has 0 aromatic heterocycles. The molecule has 2 N–H and O–H groups in total. The van der Waals surface area contributed by atoms with Gasteiger partial charge in [0, 0.05) is 17.3 Å². The topological polar surface area (TPSA) is 41.1 Å². The Kier molecular flexibility index (Phi) is 4.18. The van der Waals surface area contributed by atoms with Gasteiger partial charge in [-0.2, -0.15) is 0 Å². The highest BCUT2D eigenvalue weighted by Crippen LogP contribution is 2.63. The molecule has 4 aliphatic rings. The van der Waals surface area contributed by atoms with Crippen molar-refractivity contribution in [1.29, 1.82) is 0 Å². The van der Waals surface area contributed by atoms with Gasteiger partial charge in [-0.05, 0) is 85.1 Å². The molecule has 0 spiro atoms. The zero-order chi connectivity index (χ0) is 19.4. The van der Waals surface area contributed by atoms with Crippen molar-refractivity contribution in [1.82, 2.24) is 5.32 Å². The first-order valence-corrected chi connectivity index (χ1v) is 11.5. The molecular formula is C26H30N2O. The third kappa shape index (κ3) is 2.89. The van der Waals surface area contributed by atoms with Gasteiger partial charge >= 0.3 is 0 Å². The molecule has 0 radical (unpaired) electrons. The highest BCUT2D eigenvalue weighted by atomic mass is 16.1. The summed E-state index contributed by atoms with van der Waals surface area (Å²) >= 11 is 0. The lowest BCUT2D eigenvalue weighted by molar-refractivity contribution is 0.0937. The van der Waals surface area contributed by atoms with Crippen molar-refractivity contribution in [3.05, 3.63) is 65.2 Å². The Labute approximate surface area is 173 Å². The minimum Gasteiger partial charge on any atom is -0.378 e. The van der Waals surface area contributed by atoms with Crippen LogP contribution in [0.3, 0.4) is 0 Å². The van der Waals surface area contributed by atoms with E-state index in [0.29, 0.717) is 23.9 Å². The van der Waals surface area contributed by atoms with E-state index in [4.69, 9.17) is 0 Å². The zero-order valence-electron chi connectivity index (χ0n) is 16.9. The van der Waals surface area contributed by atoms with Crippen LogP contribution < -0.4 is 10.6 Å². The molecule has 2 bridgehead atoms. The quantitative estimate of drug-likeness (QED) is 0.715. The van der Waals surface area contributed by atoms with Gasteiger partial charge in [0.05, 0.1) is 6.04 Å². The molecule has 150 valence electrons. The highest BCUT2D eigenvalue weighted by Gasteiger charge is 2.53. The average molecular weight is 387 g/mol. The molecule has 1 amide bonds. The molecule has 6 rings (SSSR count). The summed E-state index contributed by atoms with van der Waals surface area (Å²) in [4.78, 5) is 12.9. The molecule has 3 nitrogen and oxygen atoms in total. The van der Waals surface area contributed by atoms with Gasteiger partial charge in [-0.25, -0.2) is 0 Å². The SMILES string of the molecule is O=C(NC1CCCC1)c1ccc2c(c1)[C@@H]1[C@H]3CC[C@@H](C3)[C@@H]1[C@H](c1ccccc1)N2. The number of benzene rings is 2. The van der Waals surface area contributed by atoms with Crippen LogP contribution in [0.15, 0.2) is 48.5 Å². The lowest BCUT2D eigenvalue weighted by Gasteiger charge is -2.43. The van der Waals surface area contributed by atoms with Gasteiger partial charge in [-0.15, -0.1) is 0 Å². The number of rotatable bonds is 3.